The van der Waals surface area contributed by atoms with Crippen molar-refractivity contribution >= 4 is 0 Å². The molecule has 3 heteroatoms. The van der Waals surface area contributed by atoms with Crippen molar-refractivity contribution in [2.24, 2.45) is 0 Å². The fraction of sp³-hybridized carbons (Fsp3) is 1.00. The second kappa shape index (κ2) is 8.08. The van der Waals surface area contributed by atoms with Crippen LogP contribution in [0.25, 0.3) is 0 Å². The van der Waals surface area contributed by atoms with Crippen LogP contribution in [0, 0.1) is 0 Å². The highest BCUT2D eigenvalue weighted by Crippen LogP contribution is 2.12. The van der Waals surface area contributed by atoms with Gasteiger partial charge in [0.25, 0.3) is 0 Å². The molecule has 0 amide bonds. The molecule has 1 unspecified atom stereocenters. The number of hydrogen-bond acceptors (Lipinski definition) is 3. The maximum absolute atomic E-state index is 5.62. The standard InChI is InChI=1S/C12H26N2O/c1-13-8-4-3-5-9-14(2)11-12-7-6-10-15-12/h12-13H,3-11H2,1-2H3. The molecular weight excluding hydrogens is 188 g/mol. The summed E-state index contributed by atoms with van der Waals surface area (Å²) in [4.78, 5) is 2.41. The van der Waals surface area contributed by atoms with E-state index in [2.05, 4.69) is 17.3 Å². The second-order valence-electron chi connectivity index (χ2n) is 4.56. The molecule has 0 aromatic carbocycles. The Morgan fingerprint density at radius 3 is 2.87 bits per heavy atom. The SMILES string of the molecule is CNCCCCCN(C)CC1CCCO1. The van der Waals surface area contributed by atoms with Gasteiger partial charge >= 0.3 is 0 Å². The molecule has 1 aliphatic heterocycles. The third-order valence-electron chi connectivity index (χ3n) is 3.01. The number of hydrogen-bond donors (Lipinski definition) is 1. The van der Waals surface area contributed by atoms with Crippen LogP contribution in [0.1, 0.15) is 32.1 Å². The molecule has 1 rings (SSSR count). The molecule has 1 fully saturated rings. The first kappa shape index (κ1) is 12.9. The van der Waals surface area contributed by atoms with Gasteiger partial charge in [0.15, 0.2) is 0 Å². The Morgan fingerprint density at radius 2 is 2.20 bits per heavy atom. The summed E-state index contributed by atoms with van der Waals surface area (Å²) in [5.74, 6) is 0. The van der Waals surface area contributed by atoms with E-state index in [0.717, 1.165) is 19.7 Å². The Kier molecular flexibility index (Phi) is 6.98. The van der Waals surface area contributed by atoms with Crippen LogP contribution in [-0.4, -0.2) is 51.3 Å². The van der Waals surface area contributed by atoms with Crippen LogP contribution in [0.5, 0.6) is 0 Å². The summed E-state index contributed by atoms with van der Waals surface area (Å²) in [7, 11) is 4.23. The van der Waals surface area contributed by atoms with Crippen molar-refractivity contribution in [3.05, 3.63) is 0 Å². The molecule has 0 aromatic rings. The molecule has 15 heavy (non-hydrogen) atoms. The minimum absolute atomic E-state index is 0.507. The summed E-state index contributed by atoms with van der Waals surface area (Å²) in [5.41, 5.74) is 0. The molecule has 0 spiro atoms. The lowest BCUT2D eigenvalue weighted by Crippen LogP contribution is -2.29. The predicted octanol–water partition coefficient (Wildman–Crippen LogP) is 1.49. The van der Waals surface area contributed by atoms with Crippen LogP contribution >= 0.6 is 0 Å². The normalized spacial score (nSPS) is 21.4. The van der Waals surface area contributed by atoms with Crippen LogP contribution in [0.3, 0.4) is 0 Å². The van der Waals surface area contributed by atoms with E-state index in [4.69, 9.17) is 4.74 Å². The van der Waals surface area contributed by atoms with E-state index in [9.17, 15) is 0 Å². The highest BCUT2D eigenvalue weighted by atomic mass is 16.5. The first-order valence-corrected chi connectivity index (χ1v) is 6.27. The van der Waals surface area contributed by atoms with Crippen molar-refractivity contribution in [3.8, 4) is 0 Å². The minimum Gasteiger partial charge on any atom is -0.377 e. The van der Waals surface area contributed by atoms with E-state index in [-0.39, 0.29) is 0 Å². The van der Waals surface area contributed by atoms with Crippen molar-refractivity contribution in [1.29, 1.82) is 0 Å². The molecule has 0 bridgehead atoms. The summed E-state index contributed by atoms with van der Waals surface area (Å²) in [6, 6.07) is 0. The lowest BCUT2D eigenvalue weighted by molar-refractivity contribution is 0.0807. The van der Waals surface area contributed by atoms with E-state index < -0.39 is 0 Å². The monoisotopic (exact) mass is 214 g/mol. The molecular formula is C12H26N2O. The Hall–Kier alpha value is -0.120. The number of likely N-dealkylation sites (N-methyl/N-ethyl adjacent to an activating group) is 1. The fourth-order valence-electron chi connectivity index (χ4n) is 2.09. The third-order valence-corrected chi connectivity index (χ3v) is 3.01. The van der Waals surface area contributed by atoms with Gasteiger partial charge in [-0.05, 0) is 52.9 Å². The Labute approximate surface area is 94.2 Å². The smallest absolute Gasteiger partial charge is 0.0702 e. The van der Waals surface area contributed by atoms with Crippen molar-refractivity contribution in [2.75, 3.05) is 40.3 Å². The summed E-state index contributed by atoms with van der Waals surface area (Å²) >= 11 is 0. The third kappa shape index (κ3) is 6.13. The molecule has 0 aliphatic carbocycles. The van der Waals surface area contributed by atoms with Gasteiger partial charge in [0, 0.05) is 13.2 Å². The summed E-state index contributed by atoms with van der Waals surface area (Å²) in [5, 5.41) is 3.18. The second-order valence-corrected chi connectivity index (χ2v) is 4.56. The molecule has 0 radical (unpaired) electrons. The van der Waals surface area contributed by atoms with Gasteiger partial charge in [-0.25, -0.2) is 0 Å². The largest absolute Gasteiger partial charge is 0.377 e. The minimum atomic E-state index is 0.507. The summed E-state index contributed by atoms with van der Waals surface area (Å²) in [6.07, 6.45) is 6.95. The zero-order valence-electron chi connectivity index (χ0n) is 10.3. The van der Waals surface area contributed by atoms with Gasteiger partial charge in [0.1, 0.15) is 0 Å². The number of unbranched alkanes of at least 4 members (excludes halogenated alkanes) is 2. The van der Waals surface area contributed by atoms with Crippen molar-refractivity contribution < 1.29 is 4.74 Å². The summed E-state index contributed by atoms with van der Waals surface area (Å²) < 4.78 is 5.62. The van der Waals surface area contributed by atoms with E-state index >= 15 is 0 Å². The molecule has 1 saturated heterocycles. The van der Waals surface area contributed by atoms with Gasteiger partial charge in [0.05, 0.1) is 6.10 Å². The van der Waals surface area contributed by atoms with Crippen LogP contribution < -0.4 is 5.32 Å². The van der Waals surface area contributed by atoms with Gasteiger partial charge < -0.3 is 15.0 Å². The first-order chi connectivity index (χ1) is 7.33. The van der Waals surface area contributed by atoms with E-state index in [0.29, 0.717) is 6.10 Å². The van der Waals surface area contributed by atoms with E-state index in [1.165, 1.54) is 38.6 Å². The molecule has 1 heterocycles. The zero-order chi connectivity index (χ0) is 10.9. The van der Waals surface area contributed by atoms with Gasteiger partial charge in [-0.2, -0.15) is 0 Å². The van der Waals surface area contributed by atoms with Crippen LogP contribution in [0.2, 0.25) is 0 Å². The summed E-state index contributed by atoms with van der Waals surface area (Å²) in [6.45, 7) is 4.45. The number of nitrogens with one attached hydrogen (secondary N) is 1. The quantitative estimate of drug-likeness (QED) is 0.620. The van der Waals surface area contributed by atoms with Crippen LogP contribution in [0.15, 0.2) is 0 Å². The molecule has 1 aliphatic rings. The Bertz CT molecular complexity index is 147. The van der Waals surface area contributed by atoms with E-state index in [1.54, 1.807) is 0 Å². The van der Waals surface area contributed by atoms with Gasteiger partial charge in [0.2, 0.25) is 0 Å². The van der Waals surface area contributed by atoms with Gasteiger partial charge in [-0.1, -0.05) is 6.42 Å². The van der Waals surface area contributed by atoms with Gasteiger partial charge in [-0.3, -0.25) is 0 Å². The molecule has 0 saturated carbocycles. The van der Waals surface area contributed by atoms with Crippen molar-refractivity contribution in [2.45, 2.75) is 38.2 Å². The first-order valence-electron chi connectivity index (χ1n) is 6.27. The fourth-order valence-corrected chi connectivity index (χ4v) is 2.09. The molecule has 90 valence electrons. The number of nitrogens with zero attached hydrogens (tertiary/aromatic N) is 1. The molecule has 0 aromatic heterocycles. The van der Waals surface area contributed by atoms with E-state index in [1.807, 2.05) is 7.05 Å². The molecule has 1 atom stereocenters. The maximum Gasteiger partial charge on any atom is 0.0702 e. The highest BCUT2D eigenvalue weighted by Gasteiger charge is 2.16. The predicted molar refractivity (Wildman–Crippen MR) is 64.2 cm³/mol. The molecule has 1 N–H and O–H groups in total. The lowest BCUT2D eigenvalue weighted by atomic mass is 10.2. The van der Waals surface area contributed by atoms with Gasteiger partial charge in [-0.15, -0.1) is 0 Å². The zero-order valence-corrected chi connectivity index (χ0v) is 10.3. The van der Waals surface area contributed by atoms with Crippen molar-refractivity contribution in [3.63, 3.8) is 0 Å². The topological polar surface area (TPSA) is 24.5 Å². The highest BCUT2D eigenvalue weighted by molar-refractivity contribution is 4.68. The number of rotatable bonds is 8. The van der Waals surface area contributed by atoms with Crippen LogP contribution in [-0.2, 0) is 4.74 Å². The van der Waals surface area contributed by atoms with Crippen molar-refractivity contribution in [1.82, 2.24) is 10.2 Å². The number of ether oxygens (including phenoxy) is 1. The molecule has 3 nitrogen and oxygen atoms in total. The average Bonchev–Trinajstić information content (AvgIpc) is 2.70. The van der Waals surface area contributed by atoms with Crippen LogP contribution in [0.4, 0.5) is 0 Å². The lowest BCUT2D eigenvalue weighted by Gasteiger charge is -2.20. The maximum atomic E-state index is 5.62. The Balaban J connectivity index is 1.91. The Morgan fingerprint density at radius 1 is 1.33 bits per heavy atom. The average molecular weight is 214 g/mol.